The fourth-order valence-corrected chi connectivity index (χ4v) is 4.56. The third-order valence-electron chi connectivity index (χ3n) is 4.39. The van der Waals surface area contributed by atoms with Gasteiger partial charge in [-0.05, 0) is 30.3 Å². The van der Waals surface area contributed by atoms with Crippen LogP contribution in [0.4, 0.5) is 14.5 Å². The Hall–Kier alpha value is -3.05. The predicted molar refractivity (Wildman–Crippen MR) is 102 cm³/mol. The highest BCUT2D eigenvalue weighted by molar-refractivity contribution is 7.90. The lowest BCUT2D eigenvalue weighted by molar-refractivity contribution is -0.122. The van der Waals surface area contributed by atoms with E-state index in [1.54, 1.807) is 18.3 Å². The Bertz CT molecular complexity index is 1130. The maximum atomic E-state index is 14.1. The normalized spacial score (nSPS) is 14.3. The van der Waals surface area contributed by atoms with Gasteiger partial charge in [0.2, 0.25) is 0 Å². The number of hydrogen-bond donors (Lipinski definition) is 2. The zero-order chi connectivity index (χ0) is 21.0. The van der Waals surface area contributed by atoms with Gasteiger partial charge in [0.05, 0.1) is 11.2 Å². The SMILES string of the molecule is O=CO.O=S(=O)(c1cc(F)ccc1F)n1cc(N2CCNCC2)c2ncccc21. The molecule has 0 unspecified atom stereocenters. The molecule has 2 N–H and O–H groups in total. The first-order valence-electron chi connectivity index (χ1n) is 8.60. The molecule has 29 heavy (non-hydrogen) atoms. The van der Waals surface area contributed by atoms with Gasteiger partial charge in [-0.1, -0.05) is 0 Å². The second kappa shape index (κ2) is 8.53. The van der Waals surface area contributed by atoms with E-state index in [4.69, 9.17) is 9.90 Å². The number of carbonyl (C=O) groups is 1. The Morgan fingerprint density at radius 3 is 2.55 bits per heavy atom. The van der Waals surface area contributed by atoms with E-state index >= 15 is 0 Å². The highest BCUT2D eigenvalue weighted by Crippen LogP contribution is 2.31. The van der Waals surface area contributed by atoms with Crippen molar-refractivity contribution in [3.63, 3.8) is 0 Å². The first-order valence-corrected chi connectivity index (χ1v) is 10.0. The van der Waals surface area contributed by atoms with Gasteiger partial charge in [0.25, 0.3) is 16.5 Å². The fourth-order valence-electron chi connectivity index (χ4n) is 3.13. The highest BCUT2D eigenvalue weighted by atomic mass is 32.2. The number of nitrogens with zero attached hydrogens (tertiary/aromatic N) is 3. The number of fused-ring (bicyclic) bond motifs is 1. The number of halogens is 2. The van der Waals surface area contributed by atoms with E-state index < -0.39 is 26.6 Å². The lowest BCUT2D eigenvalue weighted by atomic mass is 10.3. The quantitative estimate of drug-likeness (QED) is 0.616. The summed E-state index contributed by atoms with van der Waals surface area (Å²) in [5.74, 6) is -1.82. The third-order valence-corrected chi connectivity index (χ3v) is 6.08. The molecule has 1 aliphatic rings. The molecule has 4 rings (SSSR count). The molecule has 3 aromatic rings. The fraction of sp³-hybridized carbons (Fsp3) is 0.222. The molecule has 1 saturated heterocycles. The average Bonchev–Trinajstić information content (AvgIpc) is 3.11. The number of benzene rings is 1. The van der Waals surface area contributed by atoms with E-state index in [1.807, 2.05) is 4.90 Å². The van der Waals surface area contributed by atoms with Crippen LogP contribution < -0.4 is 10.2 Å². The number of pyridine rings is 1. The Morgan fingerprint density at radius 1 is 1.17 bits per heavy atom. The van der Waals surface area contributed by atoms with E-state index in [1.165, 1.54) is 6.20 Å². The van der Waals surface area contributed by atoms with E-state index in [0.717, 1.165) is 29.2 Å². The molecule has 0 bridgehead atoms. The molecule has 0 saturated carbocycles. The number of anilines is 1. The van der Waals surface area contributed by atoms with Crippen LogP contribution in [-0.4, -0.2) is 55.1 Å². The molecule has 11 heteroatoms. The average molecular weight is 424 g/mol. The van der Waals surface area contributed by atoms with Gasteiger partial charge in [0, 0.05) is 38.6 Å². The summed E-state index contributed by atoms with van der Waals surface area (Å²) in [4.78, 5) is 14.0. The summed E-state index contributed by atoms with van der Waals surface area (Å²) in [7, 11) is -4.32. The van der Waals surface area contributed by atoms with Gasteiger partial charge in [0.1, 0.15) is 22.0 Å². The molecule has 8 nitrogen and oxygen atoms in total. The Morgan fingerprint density at radius 2 is 1.86 bits per heavy atom. The van der Waals surface area contributed by atoms with Gasteiger partial charge in [-0.3, -0.25) is 9.78 Å². The van der Waals surface area contributed by atoms with Gasteiger partial charge < -0.3 is 15.3 Å². The van der Waals surface area contributed by atoms with Gasteiger partial charge in [-0.2, -0.15) is 0 Å². The second-order valence-corrected chi connectivity index (χ2v) is 7.89. The number of hydrogen-bond acceptors (Lipinski definition) is 6. The summed E-state index contributed by atoms with van der Waals surface area (Å²) >= 11 is 0. The maximum absolute atomic E-state index is 14.1. The molecule has 1 fully saturated rings. The van der Waals surface area contributed by atoms with Crippen LogP contribution in [0.1, 0.15) is 0 Å². The van der Waals surface area contributed by atoms with Crippen LogP contribution in [0.2, 0.25) is 0 Å². The largest absolute Gasteiger partial charge is 0.483 e. The Kier molecular flexibility index (Phi) is 6.09. The van der Waals surface area contributed by atoms with Gasteiger partial charge >= 0.3 is 0 Å². The molecule has 0 amide bonds. The van der Waals surface area contributed by atoms with Crippen molar-refractivity contribution in [1.82, 2.24) is 14.3 Å². The lowest BCUT2D eigenvalue weighted by Crippen LogP contribution is -2.43. The molecule has 0 spiro atoms. The molecular formula is C18H18F2N4O4S. The minimum absolute atomic E-state index is 0.250. The summed E-state index contributed by atoms with van der Waals surface area (Å²) in [6.07, 6.45) is 3.01. The summed E-state index contributed by atoms with van der Waals surface area (Å²) in [6.45, 7) is 2.68. The standard InChI is InChI=1S/C17H16F2N4O2S.CH2O2/c18-12-3-4-13(19)16(10-12)26(24,25)23-11-15(22-8-6-20-7-9-22)17-14(23)2-1-5-21-17;2-1-3/h1-5,10-11,20H,6-9H2;1H,(H,2,3). The molecule has 1 aromatic carbocycles. The summed E-state index contributed by atoms with van der Waals surface area (Å²) in [6, 6.07) is 5.59. The van der Waals surface area contributed by atoms with Crippen molar-refractivity contribution in [3.05, 3.63) is 54.4 Å². The van der Waals surface area contributed by atoms with Crippen LogP contribution in [-0.2, 0) is 14.8 Å². The molecule has 1 aliphatic heterocycles. The highest BCUT2D eigenvalue weighted by Gasteiger charge is 2.27. The summed E-state index contributed by atoms with van der Waals surface area (Å²) in [5, 5.41) is 10.1. The first kappa shape index (κ1) is 20.7. The van der Waals surface area contributed by atoms with E-state index in [-0.39, 0.29) is 6.47 Å². The molecular weight excluding hydrogens is 406 g/mol. The minimum Gasteiger partial charge on any atom is -0.483 e. The Labute approximate surface area is 165 Å². The molecule has 0 atom stereocenters. The number of piperazine rings is 1. The third kappa shape index (κ3) is 4.05. The summed E-state index contributed by atoms with van der Waals surface area (Å²) < 4.78 is 54.7. The lowest BCUT2D eigenvalue weighted by Gasteiger charge is -2.28. The molecule has 0 aliphatic carbocycles. The van der Waals surface area contributed by atoms with Crippen LogP contribution in [0.15, 0.2) is 47.6 Å². The zero-order valence-electron chi connectivity index (χ0n) is 15.1. The molecule has 3 heterocycles. The van der Waals surface area contributed by atoms with Gasteiger partial charge in [0.15, 0.2) is 0 Å². The van der Waals surface area contributed by atoms with Crippen molar-refractivity contribution in [1.29, 1.82) is 0 Å². The second-order valence-electron chi connectivity index (χ2n) is 6.10. The topological polar surface area (TPSA) is 105 Å². The van der Waals surface area contributed by atoms with Gasteiger partial charge in [-0.25, -0.2) is 21.2 Å². The first-order chi connectivity index (χ1) is 13.9. The van der Waals surface area contributed by atoms with Crippen LogP contribution in [0.3, 0.4) is 0 Å². The van der Waals surface area contributed by atoms with Crippen molar-refractivity contribution < 1.29 is 27.1 Å². The van der Waals surface area contributed by atoms with Crippen molar-refractivity contribution in [2.45, 2.75) is 4.90 Å². The van der Waals surface area contributed by atoms with Crippen molar-refractivity contribution in [3.8, 4) is 0 Å². The number of carboxylic acid groups (broad SMARTS) is 1. The number of aromatic nitrogens is 2. The molecule has 154 valence electrons. The number of nitrogens with one attached hydrogen (secondary N) is 1. The van der Waals surface area contributed by atoms with E-state index in [9.17, 15) is 17.2 Å². The van der Waals surface area contributed by atoms with Crippen LogP contribution in [0, 0.1) is 11.6 Å². The van der Waals surface area contributed by atoms with Crippen LogP contribution in [0.25, 0.3) is 11.0 Å². The predicted octanol–water partition coefficient (Wildman–Crippen LogP) is 1.66. The van der Waals surface area contributed by atoms with Crippen LogP contribution >= 0.6 is 0 Å². The van der Waals surface area contributed by atoms with E-state index in [2.05, 4.69) is 10.3 Å². The van der Waals surface area contributed by atoms with Crippen molar-refractivity contribution in [2.24, 2.45) is 0 Å². The minimum atomic E-state index is -4.32. The zero-order valence-corrected chi connectivity index (χ0v) is 15.9. The molecule has 2 aromatic heterocycles. The monoisotopic (exact) mass is 424 g/mol. The summed E-state index contributed by atoms with van der Waals surface area (Å²) in [5.41, 5.74) is 1.49. The van der Waals surface area contributed by atoms with Crippen molar-refractivity contribution in [2.75, 3.05) is 31.1 Å². The van der Waals surface area contributed by atoms with Crippen molar-refractivity contribution >= 4 is 33.2 Å². The Balaban J connectivity index is 0.000000755. The van der Waals surface area contributed by atoms with Gasteiger partial charge in [-0.15, -0.1) is 0 Å². The maximum Gasteiger partial charge on any atom is 0.290 e. The van der Waals surface area contributed by atoms with Crippen LogP contribution in [0.5, 0.6) is 0 Å². The van der Waals surface area contributed by atoms with E-state index in [0.29, 0.717) is 35.9 Å². The molecule has 0 radical (unpaired) electrons. The number of rotatable bonds is 3. The smallest absolute Gasteiger partial charge is 0.290 e.